The molecule has 2 N–H and O–H groups in total. The Morgan fingerprint density at radius 1 is 1.08 bits per heavy atom. The molecule has 51 heavy (non-hydrogen) atoms. The van der Waals surface area contributed by atoms with Crippen LogP contribution in [-0.4, -0.2) is 92.2 Å². The van der Waals surface area contributed by atoms with Gasteiger partial charge in [-0.1, -0.05) is 73.2 Å². The summed E-state index contributed by atoms with van der Waals surface area (Å²) in [6.45, 7) is 20.5. The van der Waals surface area contributed by atoms with Gasteiger partial charge in [-0.15, -0.1) is 0 Å². The Morgan fingerprint density at radius 2 is 1.75 bits per heavy atom. The van der Waals surface area contributed by atoms with Crippen LogP contribution in [0, 0.1) is 16.7 Å². The van der Waals surface area contributed by atoms with Crippen molar-refractivity contribution in [1.82, 2.24) is 0 Å². The van der Waals surface area contributed by atoms with Crippen LogP contribution in [-0.2, 0) is 32.9 Å². The number of carbonyl (C=O) groups excluding carboxylic acids is 2. The molecule has 11 heteroatoms. The van der Waals surface area contributed by atoms with Gasteiger partial charge >= 0.3 is 11.9 Å². The Kier molecular flexibility index (Phi) is 12.1. The highest BCUT2D eigenvalue weighted by Gasteiger charge is 2.75. The van der Waals surface area contributed by atoms with Gasteiger partial charge in [0.15, 0.2) is 20.2 Å². The number of benzene rings is 1. The monoisotopic (exact) mass is 728 g/mol. The highest BCUT2D eigenvalue weighted by Crippen LogP contribution is 2.64. The molecule has 10 nitrogen and oxygen atoms in total. The van der Waals surface area contributed by atoms with E-state index in [1.165, 1.54) is 0 Å². The van der Waals surface area contributed by atoms with Gasteiger partial charge in [0, 0.05) is 31.3 Å². The standard InChI is InChI=1S/C40H60O10Si/c1-10-31(43)49-40-24-45-30(40)22-29(50-51(12-3,13-4)14-5)39(9)35(40)28(46-37(44)26-18-16-15-17-19-26)23-38(7,8)33(25(6)27(42)20-21-41)34-36(39)48-32(11-2)47-34/h11,15-19,27-30,32,34-36,41-42H,2,10,12-14,20-24H2,1,3-9H3/b33-25-/t27?,28?,29?,30?,32?,34?,35?,36?,39-,40?/m1/s1. The zero-order chi connectivity index (χ0) is 37.4. The molecule has 0 radical (unpaired) electrons. The van der Waals surface area contributed by atoms with Gasteiger partial charge in [0.1, 0.15) is 18.3 Å². The van der Waals surface area contributed by atoms with E-state index in [0.717, 1.165) is 23.7 Å². The topological polar surface area (TPSA) is 130 Å². The second-order valence-corrected chi connectivity index (χ2v) is 20.5. The zero-order valence-electron chi connectivity index (χ0n) is 31.8. The normalized spacial score (nSPS) is 35.8. The van der Waals surface area contributed by atoms with Crippen LogP contribution in [0.4, 0.5) is 0 Å². The van der Waals surface area contributed by atoms with Crippen molar-refractivity contribution in [2.75, 3.05) is 13.2 Å². The van der Waals surface area contributed by atoms with Crippen molar-refractivity contribution in [3.8, 4) is 0 Å². The highest BCUT2D eigenvalue weighted by atomic mass is 28.4. The van der Waals surface area contributed by atoms with E-state index in [-0.39, 0.29) is 32.0 Å². The average molecular weight is 729 g/mol. The van der Waals surface area contributed by atoms with E-state index >= 15 is 0 Å². The first-order valence-electron chi connectivity index (χ1n) is 18.9. The molecule has 2 aliphatic heterocycles. The fourth-order valence-corrected chi connectivity index (χ4v) is 12.6. The number of esters is 2. The van der Waals surface area contributed by atoms with Gasteiger partial charge in [0.05, 0.1) is 36.4 Å². The van der Waals surface area contributed by atoms with Crippen molar-refractivity contribution < 1.29 is 47.9 Å². The molecule has 9 unspecified atom stereocenters. The molecule has 0 spiro atoms. The minimum Gasteiger partial charge on any atom is -0.458 e. The molecule has 284 valence electrons. The van der Waals surface area contributed by atoms with Gasteiger partial charge in [0.25, 0.3) is 0 Å². The summed E-state index contributed by atoms with van der Waals surface area (Å²) in [5, 5.41) is 21.3. The van der Waals surface area contributed by atoms with Crippen molar-refractivity contribution in [2.24, 2.45) is 16.7 Å². The molecule has 2 saturated heterocycles. The Bertz CT molecular complexity index is 1430. The molecule has 1 aromatic carbocycles. The molecule has 0 aromatic heterocycles. The fourth-order valence-electron chi connectivity index (χ4n) is 9.64. The fraction of sp³-hybridized carbons (Fsp3) is 0.700. The molecular weight excluding hydrogens is 669 g/mol. The molecule has 0 amide bonds. The van der Waals surface area contributed by atoms with Crippen molar-refractivity contribution in [2.45, 2.75) is 148 Å². The van der Waals surface area contributed by atoms with Crippen molar-refractivity contribution in [3.63, 3.8) is 0 Å². The van der Waals surface area contributed by atoms with Gasteiger partial charge in [-0.3, -0.25) is 4.79 Å². The Morgan fingerprint density at radius 3 is 2.29 bits per heavy atom. The van der Waals surface area contributed by atoms with Gasteiger partial charge in [0.2, 0.25) is 0 Å². The highest BCUT2D eigenvalue weighted by molar-refractivity contribution is 6.73. The summed E-state index contributed by atoms with van der Waals surface area (Å²) in [5.41, 5.74) is -0.898. The maximum Gasteiger partial charge on any atom is 0.338 e. The van der Waals surface area contributed by atoms with Gasteiger partial charge < -0.3 is 38.3 Å². The SMILES string of the molecule is C=CC1OC2/C(=C(\C)C(O)CCO)C(C)(C)CC(OC(=O)c3ccccc3)C3C4(OC(=O)CC)COC4CC(O[Si](CC)(CC)CC)[C@@]3(C)C2O1. The lowest BCUT2D eigenvalue weighted by molar-refractivity contribution is -0.346. The predicted octanol–water partition coefficient (Wildman–Crippen LogP) is 6.51. The van der Waals surface area contributed by atoms with Crippen LogP contribution in [0.2, 0.25) is 18.1 Å². The Labute approximate surface area is 305 Å². The van der Waals surface area contributed by atoms with Crippen LogP contribution in [0.15, 0.2) is 54.1 Å². The number of fused-ring (bicyclic) bond motifs is 5. The van der Waals surface area contributed by atoms with Crippen LogP contribution < -0.4 is 0 Å². The van der Waals surface area contributed by atoms with Crippen LogP contribution in [0.25, 0.3) is 0 Å². The van der Waals surface area contributed by atoms with Crippen molar-refractivity contribution in [3.05, 3.63) is 59.7 Å². The first-order valence-corrected chi connectivity index (χ1v) is 21.4. The van der Waals surface area contributed by atoms with Crippen LogP contribution >= 0.6 is 0 Å². The molecule has 2 aliphatic carbocycles. The van der Waals surface area contributed by atoms with Crippen molar-refractivity contribution >= 4 is 20.3 Å². The van der Waals surface area contributed by atoms with Crippen molar-refractivity contribution in [1.29, 1.82) is 0 Å². The van der Waals surface area contributed by atoms with E-state index in [0.29, 0.717) is 24.0 Å². The summed E-state index contributed by atoms with van der Waals surface area (Å²) in [7, 11) is -2.29. The average Bonchev–Trinajstić information content (AvgIpc) is 3.54. The Hall–Kier alpha value is -2.38. The minimum absolute atomic E-state index is 0.147. The maximum absolute atomic E-state index is 14.1. The van der Waals surface area contributed by atoms with E-state index < -0.39 is 79.5 Å². The summed E-state index contributed by atoms with van der Waals surface area (Å²) in [6.07, 6.45) is -2.04. The first-order chi connectivity index (χ1) is 24.2. The minimum atomic E-state index is -2.29. The molecule has 0 bridgehead atoms. The molecule has 2 saturated carbocycles. The van der Waals surface area contributed by atoms with Crippen LogP contribution in [0.5, 0.6) is 0 Å². The molecule has 4 fully saturated rings. The Balaban J connectivity index is 1.82. The van der Waals surface area contributed by atoms with E-state index in [9.17, 15) is 19.8 Å². The van der Waals surface area contributed by atoms with Crippen LogP contribution in [0.3, 0.4) is 0 Å². The lowest BCUT2D eigenvalue weighted by atomic mass is 9.48. The lowest BCUT2D eigenvalue weighted by Crippen LogP contribution is -2.79. The van der Waals surface area contributed by atoms with Crippen LogP contribution in [0.1, 0.15) is 91.4 Å². The summed E-state index contributed by atoms with van der Waals surface area (Å²) in [6, 6.07) is 11.6. The van der Waals surface area contributed by atoms with E-state index in [2.05, 4.69) is 48.1 Å². The summed E-state index contributed by atoms with van der Waals surface area (Å²) in [4.78, 5) is 27.5. The summed E-state index contributed by atoms with van der Waals surface area (Å²) in [5.74, 6) is -1.46. The zero-order valence-corrected chi connectivity index (χ0v) is 32.8. The summed E-state index contributed by atoms with van der Waals surface area (Å²) >= 11 is 0. The molecular formula is C40H60O10Si. The maximum atomic E-state index is 14.1. The number of hydrogen-bond acceptors (Lipinski definition) is 10. The number of aliphatic hydroxyl groups excluding tert-OH is 2. The van der Waals surface area contributed by atoms with E-state index in [1.807, 2.05) is 13.0 Å². The first kappa shape index (κ1) is 39.8. The second kappa shape index (κ2) is 15.5. The summed E-state index contributed by atoms with van der Waals surface area (Å²) < 4.78 is 40.7. The molecule has 4 aliphatic rings. The molecule has 10 atom stereocenters. The van der Waals surface area contributed by atoms with Gasteiger partial charge in [-0.25, -0.2) is 4.79 Å². The third-order valence-corrected chi connectivity index (χ3v) is 17.3. The number of hydrogen-bond donors (Lipinski definition) is 2. The second-order valence-electron chi connectivity index (χ2n) is 15.8. The molecule has 5 rings (SSSR count). The number of carbonyl (C=O) groups is 2. The lowest BCUT2D eigenvalue weighted by Gasteiger charge is -2.67. The molecule has 2 heterocycles. The third-order valence-electron chi connectivity index (χ3n) is 12.6. The van der Waals surface area contributed by atoms with E-state index in [4.69, 9.17) is 28.1 Å². The molecule has 1 aromatic rings. The van der Waals surface area contributed by atoms with Gasteiger partial charge in [-0.2, -0.15) is 0 Å². The predicted molar refractivity (Wildman–Crippen MR) is 195 cm³/mol. The quantitative estimate of drug-likeness (QED) is 0.132. The third kappa shape index (κ3) is 7.04. The smallest absolute Gasteiger partial charge is 0.338 e. The number of rotatable bonds is 13. The number of ether oxygens (including phenoxy) is 5. The van der Waals surface area contributed by atoms with E-state index in [1.54, 1.807) is 37.3 Å². The van der Waals surface area contributed by atoms with Gasteiger partial charge in [-0.05, 0) is 66.2 Å². The largest absolute Gasteiger partial charge is 0.458 e. The number of aliphatic hydroxyl groups is 2.